The highest BCUT2D eigenvalue weighted by Crippen LogP contribution is 2.31. The maximum absolute atomic E-state index is 12.7. The number of aromatic nitrogens is 1. The Labute approximate surface area is 126 Å². The third kappa shape index (κ3) is 2.26. The molecule has 0 saturated carbocycles. The molecule has 1 aliphatic heterocycles. The second-order valence-electron chi connectivity index (χ2n) is 5.94. The molecule has 1 amide bonds. The predicted octanol–water partition coefficient (Wildman–Crippen LogP) is 1.46. The summed E-state index contributed by atoms with van der Waals surface area (Å²) < 4.78 is 0. The zero-order valence-electron chi connectivity index (χ0n) is 12.1. The molecule has 1 atom stereocenters. The second-order valence-corrected chi connectivity index (χ2v) is 5.94. The maximum Gasteiger partial charge on any atom is 0.311 e. The van der Waals surface area contributed by atoms with E-state index in [9.17, 15) is 19.5 Å². The van der Waals surface area contributed by atoms with E-state index in [-0.39, 0.29) is 18.0 Å². The molecule has 1 aliphatic rings. The van der Waals surface area contributed by atoms with Crippen molar-refractivity contribution in [3.8, 4) is 0 Å². The van der Waals surface area contributed by atoms with E-state index in [0.29, 0.717) is 29.4 Å². The smallest absolute Gasteiger partial charge is 0.311 e. The van der Waals surface area contributed by atoms with E-state index in [1.165, 1.54) is 11.0 Å². The molecule has 2 aromatic rings. The summed E-state index contributed by atoms with van der Waals surface area (Å²) in [7, 11) is 0. The SMILES string of the molecule is C[C@]1(C(=O)O)CCN(C(=O)c2cc(=O)[nH]c3ccccc23)C1. The van der Waals surface area contributed by atoms with Crippen molar-refractivity contribution in [1.82, 2.24) is 9.88 Å². The number of para-hydroxylation sites is 1. The Morgan fingerprint density at radius 2 is 2.05 bits per heavy atom. The molecule has 0 aliphatic carbocycles. The van der Waals surface area contributed by atoms with Gasteiger partial charge in [0.15, 0.2) is 0 Å². The van der Waals surface area contributed by atoms with E-state index in [1.807, 2.05) is 0 Å². The molecule has 1 aromatic heterocycles. The molecule has 1 fully saturated rings. The molecule has 0 spiro atoms. The largest absolute Gasteiger partial charge is 0.481 e. The van der Waals surface area contributed by atoms with Crippen molar-refractivity contribution in [2.75, 3.05) is 13.1 Å². The average molecular weight is 300 g/mol. The van der Waals surface area contributed by atoms with Crippen LogP contribution in [0.15, 0.2) is 35.1 Å². The van der Waals surface area contributed by atoms with Crippen LogP contribution in [-0.4, -0.2) is 40.0 Å². The number of amides is 1. The topological polar surface area (TPSA) is 90.5 Å². The van der Waals surface area contributed by atoms with E-state index in [1.54, 1.807) is 31.2 Å². The summed E-state index contributed by atoms with van der Waals surface area (Å²) in [6.45, 7) is 2.17. The van der Waals surface area contributed by atoms with Gasteiger partial charge in [-0.3, -0.25) is 14.4 Å². The Kier molecular flexibility index (Phi) is 3.24. The number of hydrogen-bond donors (Lipinski definition) is 2. The Bertz CT molecular complexity index is 826. The first-order valence-electron chi connectivity index (χ1n) is 7.05. The lowest BCUT2D eigenvalue weighted by atomic mass is 9.90. The number of aliphatic carboxylic acids is 1. The van der Waals surface area contributed by atoms with Gasteiger partial charge in [0.1, 0.15) is 0 Å². The highest BCUT2D eigenvalue weighted by molar-refractivity contribution is 6.06. The van der Waals surface area contributed by atoms with Gasteiger partial charge in [-0.1, -0.05) is 18.2 Å². The maximum atomic E-state index is 12.7. The minimum Gasteiger partial charge on any atom is -0.481 e. The minimum atomic E-state index is -0.924. The van der Waals surface area contributed by atoms with Crippen LogP contribution < -0.4 is 5.56 Å². The van der Waals surface area contributed by atoms with Crippen LogP contribution in [0.25, 0.3) is 10.9 Å². The van der Waals surface area contributed by atoms with Crippen LogP contribution in [0.4, 0.5) is 0 Å². The molecule has 0 unspecified atom stereocenters. The van der Waals surface area contributed by atoms with Crippen LogP contribution >= 0.6 is 0 Å². The molecule has 0 bridgehead atoms. The third-order valence-corrected chi connectivity index (χ3v) is 4.26. The summed E-state index contributed by atoms with van der Waals surface area (Å²) in [5.41, 5.74) is -0.359. The normalized spacial score (nSPS) is 21.2. The first-order chi connectivity index (χ1) is 10.4. The number of carbonyl (C=O) groups is 2. The fourth-order valence-electron chi connectivity index (χ4n) is 2.86. The summed E-state index contributed by atoms with van der Waals surface area (Å²) >= 11 is 0. The van der Waals surface area contributed by atoms with Crippen molar-refractivity contribution < 1.29 is 14.7 Å². The fraction of sp³-hybridized carbons (Fsp3) is 0.312. The molecule has 2 N–H and O–H groups in total. The molecule has 22 heavy (non-hydrogen) atoms. The number of H-pyrrole nitrogens is 1. The van der Waals surface area contributed by atoms with Crippen molar-refractivity contribution in [3.05, 3.63) is 46.2 Å². The summed E-state index contributed by atoms with van der Waals surface area (Å²) in [4.78, 5) is 39.9. The zero-order valence-corrected chi connectivity index (χ0v) is 12.1. The van der Waals surface area contributed by atoms with E-state index in [0.717, 1.165) is 0 Å². The van der Waals surface area contributed by atoms with E-state index in [4.69, 9.17) is 0 Å². The highest BCUT2D eigenvalue weighted by atomic mass is 16.4. The summed E-state index contributed by atoms with van der Waals surface area (Å²) in [5, 5.41) is 9.93. The van der Waals surface area contributed by atoms with Gasteiger partial charge in [-0.05, 0) is 19.4 Å². The quantitative estimate of drug-likeness (QED) is 0.878. The molecule has 0 radical (unpaired) electrons. The van der Waals surface area contributed by atoms with Crippen molar-refractivity contribution in [2.24, 2.45) is 5.41 Å². The molecule has 2 heterocycles. The number of carboxylic acid groups (broad SMARTS) is 1. The van der Waals surface area contributed by atoms with E-state index in [2.05, 4.69) is 4.98 Å². The number of likely N-dealkylation sites (tertiary alicyclic amines) is 1. The Morgan fingerprint density at radius 1 is 1.32 bits per heavy atom. The number of aromatic amines is 1. The lowest BCUT2D eigenvalue weighted by Gasteiger charge is -2.20. The van der Waals surface area contributed by atoms with Crippen molar-refractivity contribution in [2.45, 2.75) is 13.3 Å². The lowest BCUT2D eigenvalue weighted by Crippen LogP contribution is -2.35. The molecule has 3 rings (SSSR count). The monoisotopic (exact) mass is 300 g/mol. The predicted molar refractivity (Wildman–Crippen MR) is 80.8 cm³/mol. The van der Waals surface area contributed by atoms with Crippen LogP contribution in [0.5, 0.6) is 0 Å². The lowest BCUT2D eigenvalue weighted by molar-refractivity contribution is -0.147. The van der Waals surface area contributed by atoms with Crippen molar-refractivity contribution in [1.29, 1.82) is 0 Å². The first-order valence-corrected chi connectivity index (χ1v) is 7.05. The van der Waals surface area contributed by atoms with Crippen LogP contribution in [0, 0.1) is 5.41 Å². The standard InChI is InChI=1S/C16H16N2O4/c1-16(15(21)22)6-7-18(9-16)14(20)11-8-13(19)17-12-5-3-2-4-10(11)12/h2-5,8H,6-7,9H2,1H3,(H,17,19)(H,21,22)/t16-/m0/s1. The number of nitrogens with zero attached hydrogens (tertiary/aromatic N) is 1. The third-order valence-electron chi connectivity index (χ3n) is 4.26. The fourth-order valence-corrected chi connectivity index (χ4v) is 2.86. The molecule has 114 valence electrons. The second kappa shape index (κ2) is 4.98. The minimum absolute atomic E-state index is 0.155. The van der Waals surface area contributed by atoms with Crippen LogP contribution in [0.1, 0.15) is 23.7 Å². The van der Waals surface area contributed by atoms with Gasteiger partial charge in [0, 0.05) is 30.1 Å². The number of nitrogens with one attached hydrogen (secondary N) is 1. The number of rotatable bonds is 2. The number of carboxylic acids is 1. The highest BCUT2D eigenvalue weighted by Gasteiger charge is 2.42. The summed E-state index contributed by atoms with van der Waals surface area (Å²) in [6.07, 6.45) is 0.412. The van der Waals surface area contributed by atoms with Crippen LogP contribution in [0.3, 0.4) is 0 Å². The van der Waals surface area contributed by atoms with Gasteiger partial charge >= 0.3 is 5.97 Å². The van der Waals surface area contributed by atoms with E-state index < -0.39 is 11.4 Å². The number of benzene rings is 1. The van der Waals surface area contributed by atoms with E-state index >= 15 is 0 Å². The molecule has 1 saturated heterocycles. The zero-order chi connectivity index (χ0) is 15.9. The van der Waals surface area contributed by atoms with Crippen LogP contribution in [0.2, 0.25) is 0 Å². The average Bonchev–Trinajstić information content (AvgIpc) is 2.89. The number of hydrogen-bond acceptors (Lipinski definition) is 3. The summed E-state index contributed by atoms with van der Waals surface area (Å²) in [6, 6.07) is 8.36. The molecule has 6 nitrogen and oxygen atoms in total. The number of pyridine rings is 1. The molecule has 1 aromatic carbocycles. The Morgan fingerprint density at radius 3 is 2.73 bits per heavy atom. The number of fused-ring (bicyclic) bond motifs is 1. The Balaban J connectivity index is 2.00. The van der Waals surface area contributed by atoms with Gasteiger partial charge < -0.3 is 15.0 Å². The van der Waals surface area contributed by atoms with Gasteiger partial charge in [-0.2, -0.15) is 0 Å². The van der Waals surface area contributed by atoms with Gasteiger partial charge in [0.25, 0.3) is 5.91 Å². The van der Waals surface area contributed by atoms with Crippen molar-refractivity contribution in [3.63, 3.8) is 0 Å². The van der Waals surface area contributed by atoms with Gasteiger partial charge in [-0.15, -0.1) is 0 Å². The molecule has 6 heteroatoms. The Hall–Kier alpha value is -2.63. The first kappa shape index (κ1) is 14.3. The molecular formula is C16H16N2O4. The van der Waals surface area contributed by atoms with Crippen molar-refractivity contribution >= 4 is 22.8 Å². The molecular weight excluding hydrogens is 284 g/mol. The number of carbonyl (C=O) groups excluding carboxylic acids is 1. The van der Waals surface area contributed by atoms with Gasteiger partial charge in [0.2, 0.25) is 5.56 Å². The van der Waals surface area contributed by atoms with Gasteiger partial charge in [-0.25, -0.2) is 0 Å². The van der Waals surface area contributed by atoms with Gasteiger partial charge in [0.05, 0.1) is 11.0 Å². The summed E-state index contributed by atoms with van der Waals surface area (Å²) in [5.74, 6) is -1.20. The van der Waals surface area contributed by atoms with Crippen LogP contribution in [-0.2, 0) is 4.79 Å².